The SMILES string of the molecule is CC(=O)OC[C@H]1O[C@@H](n2cnc3c(C[C@H](NC(=O)OCc4ccccc4)C(=O)OCc4ccccc4)ncnc32)[C@H](OC(C)=O)[C@@H]1OC(C)=O. The number of amides is 1. The van der Waals surface area contributed by atoms with Crippen molar-refractivity contribution in [3.05, 3.63) is 90.1 Å². The number of ether oxygens (including phenoxy) is 6. The third-order valence-corrected chi connectivity index (χ3v) is 7.46. The number of benzene rings is 2. The fourth-order valence-corrected chi connectivity index (χ4v) is 5.28. The maximum atomic E-state index is 13.4. The molecule has 262 valence electrons. The van der Waals surface area contributed by atoms with Gasteiger partial charge in [-0.15, -0.1) is 0 Å². The van der Waals surface area contributed by atoms with Crippen molar-refractivity contribution in [2.24, 2.45) is 0 Å². The molecule has 50 heavy (non-hydrogen) atoms. The van der Waals surface area contributed by atoms with Crippen molar-refractivity contribution in [3.8, 4) is 0 Å². The Morgan fingerprint density at radius 1 is 0.780 bits per heavy atom. The highest BCUT2D eigenvalue weighted by molar-refractivity contribution is 5.83. The summed E-state index contributed by atoms with van der Waals surface area (Å²) in [5, 5.41) is 2.58. The van der Waals surface area contributed by atoms with E-state index < -0.39 is 60.6 Å². The van der Waals surface area contributed by atoms with Gasteiger partial charge < -0.3 is 33.7 Å². The van der Waals surface area contributed by atoms with Gasteiger partial charge in [0.05, 0.1) is 12.0 Å². The second-order valence-electron chi connectivity index (χ2n) is 11.2. The van der Waals surface area contributed by atoms with Crippen LogP contribution in [0.25, 0.3) is 11.2 Å². The van der Waals surface area contributed by atoms with Crippen molar-refractivity contribution >= 4 is 41.1 Å². The fraction of sp³-hybridized carbons (Fsp3) is 0.353. The van der Waals surface area contributed by atoms with Gasteiger partial charge >= 0.3 is 30.0 Å². The molecular formula is C34H35N5O11. The zero-order chi connectivity index (χ0) is 35.6. The van der Waals surface area contributed by atoms with E-state index in [0.717, 1.165) is 11.1 Å². The number of aromatic nitrogens is 4. The topological polar surface area (TPSA) is 196 Å². The highest BCUT2D eigenvalue weighted by Crippen LogP contribution is 2.36. The Kier molecular flexibility index (Phi) is 11.7. The van der Waals surface area contributed by atoms with Crippen LogP contribution in [-0.2, 0) is 67.2 Å². The third kappa shape index (κ3) is 9.16. The van der Waals surface area contributed by atoms with Crippen molar-refractivity contribution in [1.29, 1.82) is 0 Å². The number of hydrogen-bond donors (Lipinski definition) is 1. The average Bonchev–Trinajstić information content (AvgIpc) is 3.67. The standard InChI is InChI=1S/C34H35N5O11/c1-20(40)45-17-27-29(48-21(2)41)30(49-22(3)42)32(50-27)39-19-37-28-25(35-18-36-31(28)39)14-26(33(43)46-15-23-10-6-4-7-11-23)38-34(44)47-16-24-12-8-5-9-13-24/h4-13,18-19,26-27,29-30,32H,14-17H2,1-3H3,(H,38,44)/t26-,27+,29+,30+,32+/m0/s1. The summed E-state index contributed by atoms with van der Waals surface area (Å²) in [6.07, 6.45) is -2.91. The Balaban J connectivity index is 1.41. The molecule has 0 spiro atoms. The molecule has 1 N–H and O–H groups in total. The van der Waals surface area contributed by atoms with Crippen LogP contribution in [0, 0.1) is 0 Å². The molecule has 16 nitrogen and oxygen atoms in total. The van der Waals surface area contributed by atoms with Crippen LogP contribution >= 0.6 is 0 Å². The first-order valence-corrected chi connectivity index (χ1v) is 15.6. The molecule has 0 bridgehead atoms. The highest BCUT2D eigenvalue weighted by atomic mass is 16.7. The lowest BCUT2D eigenvalue weighted by Crippen LogP contribution is -2.43. The molecule has 5 rings (SSSR count). The second kappa shape index (κ2) is 16.5. The number of carbonyl (C=O) groups is 5. The van der Waals surface area contributed by atoms with Crippen LogP contribution in [0.2, 0.25) is 0 Å². The predicted molar refractivity (Wildman–Crippen MR) is 170 cm³/mol. The van der Waals surface area contributed by atoms with Crippen molar-refractivity contribution in [2.45, 2.75) is 71.0 Å². The quantitative estimate of drug-likeness (QED) is 0.159. The summed E-state index contributed by atoms with van der Waals surface area (Å²) in [5.41, 5.74) is 2.18. The average molecular weight is 690 g/mol. The number of esters is 4. The zero-order valence-electron chi connectivity index (χ0n) is 27.4. The van der Waals surface area contributed by atoms with Crippen molar-refractivity contribution in [1.82, 2.24) is 24.8 Å². The number of carbonyl (C=O) groups excluding carboxylic acids is 5. The van der Waals surface area contributed by atoms with E-state index in [9.17, 15) is 24.0 Å². The van der Waals surface area contributed by atoms with E-state index in [-0.39, 0.29) is 43.1 Å². The van der Waals surface area contributed by atoms with Gasteiger partial charge in [-0.05, 0) is 11.1 Å². The molecule has 1 amide bonds. The maximum Gasteiger partial charge on any atom is 0.408 e. The normalized spacial score (nSPS) is 18.9. The summed E-state index contributed by atoms with van der Waals surface area (Å²) >= 11 is 0. The largest absolute Gasteiger partial charge is 0.463 e. The Hall–Kier alpha value is -5.90. The lowest BCUT2D eigenvalue weighted by molar-refractivity contribution is -0.166. The molecule has 1 saturated heterocycles. The predicted octanol–water partition coefficient (Wildman–Crippen LogP) is 2.73. The maximum absolute atomic E-state index is 13.4. The van der Waals surface area contributed by atoms with E-state index in [1.165, 1.54) is 38.0 Å². The second-order valence-corrected chi connectivity index (χ2v) is 11.2. The molecule has 1 fully saturated rings. The van der Waals surface area contributed by atoms with E-state index in [2.05, 4.69) is 20.3 Å². The van der Waals surface area contributed by atoms with Gasteiger partial charge in [-0.2, -0.15) is 0 Å². The number of nitrogens with one attached hydrogen (secondary N) is 1. The lowest BCUT2D eigenvalue weighted by atomic mass is 10.1. The summed E-state index contributed by atoms with van der Waals surface area (Å²) in [6, 6.07) is 16.8. The summed E-state index contributed by atoms with van der Waals surface area (Å²) in [4.78, 5) is 75.1. The van der Waals surface area contributed by atoms with Crippen molar-refractivity contribution in [2.75, 3.05) is 6.61 Å². The molecule has 0 aliphatic carbocycles. The first-order chi connectivity index (χ1) is 24.1. The number of fused-ring (bicyclic) bond motifs is 1. The summed E-state index contributed by atoms with van der Waals surface area (Å²) in [6.45, 7) is 3.20. The molecule has 0 unspecified atom stereocenters. The smallest absolute Gasteiger partial charge is 0.408 e. The van der Waals surface area contributed by atoms with Crippen LogP contribution < -0.4 is 5.32 Å². The summed E-state index contributed by atoms with van der Waals surface area (Å²) in [5.74, 6) is -2.70. The molecule has 0 saturated carbocycles. The van der Waals surface area contributed by atoms with Gasteiger partial charge in [0.1, 0.15) is 43.8 Å². The first kappa shape index (κ1) is 35.4. The van der Waals surface area contributed by atoms with Gasteiger partial charge in [-0.25, -0.2) is 24.5 Å². The van der Waals surface area contributed by atoms with E-state index >= 15 is 0 Å². The molecule has 5 atom stereocenters. The van der Waals surface area contributed by atoms with Crippen LogP contribution in [0.5, 0.6) is 0 Å². The highest BCUT2D eigenvalue weighted by Gasteiger charge is 2.51. The molecule has 2 aromatic carbocycles. The Morgan fingerprint density at radius 3 is 2.02 bits per heavy atom. The molecule has 3 heterocycles. The van der Waals surface area contributed by atoms with Gasteiger partial charge in [0.2, 0.25) is 0 Å². The monoisotopic (exact) mass is 689 g/mol. The minimum atomic E-state index is -1.25. The van der Waals surface area contributed by atoms with Crippen LogP contribution in [-0.4, -0.2) is 80.5 Å². The fourth-order valence-electron chi connectivity index (χ4n) is 5.28. The number of hydrogen-bond acceptors (Lipinski definition) is 14. The molecule has 16 heteroatoms. The van der Waals surface area contributed by atoms with Crippen LogP contribution in [0.4, 0.5) is 4.79 Å². The molecule has 1 aliphatic rings. The van der Waals surface area contributed by atoms with Gasteiger partial charge in [-0.1, -0.05) is 60.7 Å². The van der Waals surface area contributed by atoms with Crippen molar-refractivity contribution in [3.63, 3.8) is 0 Å². The first-order valence-electron chi connectivity index (χ1n) is 15.6. The minimum Gasteiger partial charge on any atom is -0.463 e. The number of alkyl carbamates (subject to hydrolysis) is 1. The Bertz CT molecular complexity index is 1820. The zero-order valence-corrected chi connectivity index (χ0v) is 27.4. The summed E-state index contributed by atoms with van der Waals surface area (Å²) in [7, 11) is 0. The van der Waals surface area contributed by atoms with Crippen LogP contribution in [0.3, 0.4) is 0 Å². The number of rotatable bonds is 13. The molecular weight excluding hydrogens is 654 g/mol. The Morgan fingerprint density at radius 2 is 1.40 bits per heavy atom. The van der Waals surface area contributed by atoms with E-state index in [0.29, 0.717) is 0 Å². The molecule has 0 radical (unpaired) electrons. The number of nitrogens with zero attached hydrogens (tertiary/aromatic N) is 4. The van der Waals surface area contributed by atoms with Crippen molar-refractivity contribution < 1.29 is 52.4 Å². The third-order valence-electron chi connectivity index (χ3n) is 7.46. The Labute approximate surface area is 286 Å². The van der Waals surface area contributed by atoms with E-state index in [4.69, 9.17) is 28.4 Å². The van der Waals surface area contributed by atoms with E-state index in [1.54, 1.807) is 36.4 Å². The molecule has 4 aromatic rings. The number of imidazole rings is 1. The lowest BCUT2D eigenvalue weighted by Gasteiger charge is -2.23. The molecule has 1 aliphatic heterocycles. The molecule has 2 aromatic heterocycles. The minimum absolute atomic E-state index is 0.0295. The van der Waals surface area contributed by atoms with E-state index in [1.807, 2.05) is 24.3 Å². The summed E-state index contributed by atoms with van der Waals surface area (Å²) < 4.78 is 34.6. The van der Waals surface area contributed by atoms with Crippen LogP contribution in [0.1, 0.15) is 43.8 Å². The van der Waals surface area contributed by atoms with Gasteiger partial charge in [0, 0.05) is 27.2 Å². The van der Waals surface area contributed by atoms with Gasteiger partial charge in [0.15, 0.2) is 24.1 Å². The van der Waals surface area contributed by atoms with Crippen LogP contribution in [0.15, 0.2) is 73.3 Å². The van der Waals surface area contributed by atoms with Gasteiger partial charge in [0.25, 0.3) is 0 Å². The van der Waals surface area contributed by atoms with Gasteiger partial charge in [-0.3, -0.25) is 19.0 Å².